The van der Waals surface area contributed by atoms with Crippen molar-refractivity contribution in [1.82, 2.24) is 9.47 Å². The molecule has 0 fully saturated rings. The van der Waals surface area contributed by atoms with E-state index in [1.807, 2.05) is 0 Å². The summed E-state index contributed by atoms with van der Waals surface area (Å²) in [4.78, 5) is 13.8. The SMILES string of the molecule is CN(Cc1cc(Br)ccc1F)C(=O)c1cc(Cl)c(Cl)n1C. The molecule has 3 nitrogen and oxygen atoms in total. The lowest BCUT2D eigenvalue weighted by atomic mass is 10.2. The smallest absolute Gasteiger partial charge is 0.270 e. The number of benzene rings is 1. The molecule has 2 aromatic rings. The summed E-state index contributed by atoms with van der Waals surface area (Å²) in [5, 5.41) is 0.603. The van der Waals surface area contributed by atoms with Gasteiger partial charge in [0, 0.05) is 30.7 Å². The summed E-state index contributed by atoms with van der Waals surface area (Å²) < 4.78 is 16.0. The standard InChI is InChI=1S/C14H12BrCl2FN2O/c1-19(7-8-5-9(15)3-4-11(8)18)14(21)12-6-10(16)13(17)20(12)2/h3-6H,7H2,1-2H3. The highest BCUT2D eigenvalue weighted by Gasteiger charge is 2.20. The van der Waals surface area contributed by atoms with Gasteiger partial charge >= 0.3 is 0 Å². The van der Waals surface area contributed by atoms with Crippen LogP contribution in [0.25, 0.3) is 0 Å². The molecule has 112 valence electrons. The topological polar surface area (TPSA) is 25.2 Å². The van der Waals surface area contributed by atoms with E-state index in [1.165, 1.54) is 21.6 Å². The van der Waals surface area contributed by atoms with E-state index in [0.29, 0.717) is 21.4 Å². The molecule has 21 heavy (non-hydrogen) atoms. The molecule has 0 radical (unpaired) electrons. The highest BCUT2D eigenvalue weighted by atomic mass is 79.9. The first-order valence-corrected chi connectivity index (χ1v) is 7.56. The van der Waals surface area contributed by atoms with Gasteiger partial charge in [0.1, 0.15) is 16.7 Å². The Hall–Kier alpha value is -1.04. The van der Waals surface area contributed by atoms with E-state index in [9.17, 15) is 9.18 Å². The van der Waals surface area contributed by atoms with Gasteiger partial charge in [0.25, 0.3) is 5.91 Å². The lowest BCUT2D eigenvalue weighted by Crippen LogP contribution is -2.28. The van der Waals surface area contributed by atoms with Gasteiger partial charge in [-0.1, -0.05) is 39.1 Å². The minimum atomic E-state index is -0.360. The fraction of sp³-hybridized carbons (Fsp3) is 0.214. The van der Waals surface area contributed by atoms with E-state index in [2.05, 4.69) is 15.9 Å². The molecule has 0 aliphatic heterocycles. The summed E-state index contributed by atoms with van der Waals surface area (Å²) in [5.74, 6) is -0.647. The van der Waals surface area contributed by atoms with Crippen LogP contribution in [-0.4, -0.2) is 22.4 Å². The van der Waals surface area contributed by atoms with Crippen LogP contribution in [0.5, 0.6) is 0 Å². The predicted octanol–water partition coefficient (Wildman–Crippen LogP) is 4.51. The van der Waals surface area contributed by atoms with E-state index in [1.54, 1.807) is 26.2 Å². The third kappa shape index (κ3) is 3.42. The molecular formula is C14H12BrCl2FN2O. The van der Waals surface area contributed by atoms with E-state index < -0.39 is 0 Å². The van der Waals surface area contributed by atoms with Crippen molar-refractivity contribution in [2.24, 2.45) is 7.05 Å². The Kier molecular flexibility index (Phi) is 4.96. The van der Waals surface area contributed by atoms with Gasteiger partial charge in [-0.25, -0.2) is 4.39 Å². The van der Waals surface area contributed by atoms with Gasteiger partial charge in [0.05, 0.1) is 5.02 Å². The fourth-order valence-electron chi connectivity index (χ4n) is 1.93. The Bertz CT molecular complexity index is 703. The molecule has 0 unspecified atom stereocenters. The van der Waals surface area contributed by atoms with Crippen molar-refractivity contribution in [3.05, 3.63) is 56.0 Å². The maximum absolute atomic E-state index is 13.7. The number of amides is 1. The van der Waals surface area contributed by atoms with Crippen molar-refractivity contribution >= 4 is 45.0 Å². The van der Waals surface area contributed by atoms with E-state index in [0.717, 1.165) is 4.47 Å². The molecule has 0 bridgehead atoms. The van der Waals surface area contributed by atoms with Crippen molar-refractivity contribution in [1.29, 1.82) is 0 Å². The Morgan fingerprint density at radius 1 is 1.38 bits per heavy atom. The second kappa shape index (κ2) is 6.38. The van der Waals surface area contributed by atoms with Crippen LogP contribution in [0.4, 0.5) is 4.39 Å². The minimum absolute atomic E-state index is 0.143. The minimum Gasteiger partial charge on any atom is -0.336 e. The molecule has 0 spiro atoms. The van der Waals surface area contributed by atoms with Gasteiger partial charge in [-0.3, -0.25) is 4.79 Å². The number of hydrogen-bond acceptors (Lipinski definition) is 1. The van der Waals surface area contributed by atoms with Crippen LogP contribution in [0.15, 0.2) is 28.7 Å². The molecule has 2 rings (SSSR count). The van der Waals surface area contributed by atoms with Crippen molar-refractivity contribution in [2.75, 3.05) is 7.05 Å². The van der Waals surface area contributed by atoms with Gasteiger partial charge in [0.15, 0.2) is 0 Å². The fourth-order valence-corrected chi connectivity index (χ4v) is 2.72. The summed E-state index contributed by atoms with van der Waals surface area (Å²) in [6.45, 7) is 0.143. The molecule has 1 heterocycles. The first-order chi connectivity index (χ1) is 9.81. The maximum Gasteiger partial charge on any atom is 0.270 e. The molecular weight excluding hydrogens is 382 g/mol. The summed E-state index contributed by atoms with van der Waals surface area (Å²) in [7, 11) is 3.24. The predicted molar refractivity (Wildman–Crippen MR) is 85.3 cm³/mol. The largest absolute Gasteiger partial charge is 0.336 e. The van der Waals surface area contributed by atoms with Crippen molar-refractivity contribution in [2.45, 2.75) is 6.54 Å². The number of rotatable bonds is 3. The monoisotopic (exact) mass is 392 g/mol. The average molecular weight is 394 g/mol. The molecule has 1 amide bonds. The van der Waals surface area contributed by atoms with Gasteiger partial charge in [-0.15, -0.1) is 0 Å². The van der Waals surface area contributed by atoms with Crippen molar-refractivity contribution < 1.29 is 9.18 Å². The van der Waals surface area contributed by atoms with Crippen LogP contribution >= 0.6 is 39.1 Å². The number of hydrogen-bond donors (Lipinski definition) is 0. The normalized spacial score (nSPS) is 10.8. The lowest BCUT2D eigenvalue weighted by molar-refractivity contribution is 0.0774. The third-order valence-corrected chi connectivity index (χ3v) is 4.43. The highest BCUT2D eigenvalue weighted by Crippen LogP contribution is 2.26. The third-order valence-electron chi connectivity index (χ3n) is 3.10. The molecule has 0 atom stereocenters. The molecule has 0 aliphatic carbocycles. The second-order valence-corrected chi connectivity index (χ2v) is 6.31. The molecule has 0 saturated carbocycles. The number of halogens is 4. The van der Waals surface area contributed by atoms with Crippen LogP contribution in [0.2, 0.25) is 10.2 Å². The molecule has 1 aromatic carbocycles. The Morgan fingerprint density at radius 3 is 2.62 bits per heavy atom. The summed E-state index contributed by atoms with van der Waals surface area (Å²) in [5.41, 5.74) is 0.773. The zero-order chi connectivity index (χ0) is 15.7. The quantitative estimate of drug-likeness (QED) is 0.753. The van der Waals surface area contributed by atoms with Gasteiger partial charge in [0.2, 0.25) is 0 Å². The summed E-state index contributed by atoms with van der Waals surface area (Å²) in [6, 6.07) is 6.11. The van der Waals surface area contributed by atoms with Gasteiger partial charge in [-0.2, -0.15) is 0 Å². The number of nitrogens with zero attached hydrogens (tertiary/aromatic N) is 2. The van der Waals surface area contributed by atoms with Crippen LogP contribution in [0.3, 0.4) is 0 Å². The summed E-state index contributed by atoms with van der Waals surface area (Å²) in [6.07, 6.45) is 0. The molecule has 0 saturated heterocycles. The van der Waals surface area contributed by atoms with Crippen LogP contribution in [0, 0.1) is 5.82 Å². The van der Waals surface area contributed by atoms with E-state index in [4.69, 9.17) is 23.2 Å². The molecule has 0 N–H and O–H groups in total. The zero-order valence-electron chi connectivity index (χ0n) is 11.3. The Morgan fingerprint density at radius 2 is 2.05 bits per heavy atom. The molecule has 7 heteroatoms. The van der Waals surface area contributed by atoms with Crippen molar-refractivity contribution in [3.63, 3.8) is 0 Å². The lowest BCUT2D eigenvalue weighted by Gasteiger charge is -2.18. The van der Waals surface area contributed by atoms with Crippen LogP contribution in [0.1, 0.15) is 16.1 Å². The van der Waals surface area contributed by atoms with Gasteiger partial charge in [-0.05, 0) is 24.3 Å². The van der Waals surface area contributed by atoms with E-state index in [-0.39, 0.29) is 18.3 Å². The van der Waals surface area contributed by atoms with Crippen molar-refractivity contribution in [3.8, 4) is 0 Å². The first-order valence-electron chi connectivity index (χ1n) is 6.01. The molecule has 1 aromatic heterocycles. The zero-order valence-corrected chi connectivity index (χ0v) is 14.4. The second-order valence-electron chi connectivity index (χ2n) is 4.62. The van der Waals surface area contributed by atoms with Crippen LogP contribution in [-0.2, 0) is 13.6 Å². The average Bonchev–Trinajstić information content (AvgIpc) is 2.69. The van der Waals surface area contributed by atoms with Gasteiger partial charge < -0.3 is 9.47 Å². The Balaban J connectivity index is 2.23. The highest BCUT2D eigenvalue weighted by molar-refractivity contribution is 9.10. The maximum atomic E-state index is 13.7. The van der Waals surface area contributed by atoms with Crippen LogP contribution < -0.4 is 0 Å². The van der Waals surface area contributed by atoms with E-state index >= 15 is 0 Å². The number of carbonyl (C=O) groups is 1. The number of aromatic nitrogens is 1. The first kappa shape index (κ1) is 16.3. The molecule has 0 aliphatic rings. The Labute approximate surface area is 140 Å². The summed E-state index contributed by atoms with van der Waals surface area (Å²) >= 11 is 15.1. The number of carbonyl (C=O) groups excluding carboxylic acids is 1.